The van der Waals surface area contributed by atoms with Crippen molar-refractivity contribution in [1.82, 2.24) is 0 Å². The Balaban J connectivity index is 1.21. The zero-order valence-corrected chi connectivity index (χ0v) is 27.4. The van der Waals surface area contributed by atoms with Crippen LogP contribution in [0.15, 0.2) is 205 Å². The minimum absolute atomic E-state index is 0.874. The third-order valence-corrected chi connectivity index (χ3v) is 9.49. The van der Waals surface area contributed by atoms with E-state index in [9.17, 15) is 0 Å². The van der Waals surface area contributed by atoms with Crippen molar-refractivity contribution in [1.29, 1.82) is 0 Å². The third kappa shape index (κ3) is 5.43. The van der Waals surface area contributed by atoms with E-state index in [2.05, 4.69) is 199 Å². The molecule has 0 N–H and O–H groups in total. The molecule has 0 saturated carbocycles. The highest BCUT2D eigenvalue weighted by Crippen LogP contribution is 2.46. The van der Waals surface area contributed by atoms with Crippen LogP contribution in [0.2, 0.25) is 0 Å². The van der Waals surface area contributed by atoms with E-state index in [4.69, 9.17) is 4.42 Å². The van der Waals surface area contributed by atoms with Crippen LogP contribution in [0.3, 0.4) is 0 Å². The maximum absolute atomic E-state index is 6.69. The van der Waals surface area contributed by atoms with Crippen LogP contribution in [-0.2, 0) is 0 Å². The summed E-state index contributed by atoms with van der Waals surface area (Å²) in [6.07, 6.45) is 0. The lowest BCUT2D eigenvalue weighted by atomic mass is 9.98. The van der Waals surface area contributed by atoms with Crippen LogP contribution in [0.1, 0.15) is 0 Å². The Bertz CT molecular complexity index is 2550. The first kappa shape index (κ1) is 29.5. The van der Waals surface area contributed by atoms with Gasteiger partial charge in [0.25, 0.3) is 0 Å². The van der Waals surface area contributed by atoms with Crippen LogP contribution in [-0.4, -0.2) is 0 Å². The first-order valence-corrected chi connectivity index (χ1v) is 17.0. The Labute approximate surface area is 292 Å². The minimum Gasteiger partial charge on any atom is -0.455 e. The van der Waals surface area contributed by atoms with Gasteiger partial charge in [-0.15, -0.1) is 0 Å². The standard InChI is InChI=1S/C48H33NO/c1-4-13-34(14-5-1)36-23-25-37(26-24-36)38-27-29-41(30-28-38)49(42-20-12-19-40(33-42)35-15-6-2-7-16-35)45-32-31-43(39-17-8-3-9-18-39)48-47(45)44-21-10-11-22-46(44)50-48/h1-33H. The highest BCUT2D eigenvalue weighted by Gasteiger charge is 2.22. The molecular weight excluding hydrogens is 607 g/mol. The molecule has 1 aromatic heterocycles. The highest BCUT2D eigenvalue weighted by molar-refractivity contribution is 6.17. The van der Waals surface area contributed by atoms with Gasteiger partial charge in [-0.05, 0) is 81.4 Å². The van der Waals surface area contributed by atoms with Crippen molar-refractivity contribution in [2.75, 3.05) is 4.90 Å². The van der Waals surface area contributed by atoms with Crippen molar-refractivity contribution in [2.45, 2.75) is 0 Å². The maximum Gasteiger partial charge on any atom is 0.145 e. The average molecular weight is 640 g/mol. The van der Waals surface area contributed by atoms with Crippen LogP contribution in [0, 0.1) is 0 Å². The number of nitrogens with zero attached hydrogens (tertiary/aromatic N) is 1. The number of furan rings is 1. The molecule has 0 aliphatic rings. The summed E-state index contributed by atoms with van der Waals surface area (Å²) in [7, 11) is 0. The minimum atomic E-state index is 0.874. The third-order valence-electron chi connectivity index (χ3n) is 9.49. The first-order valence-electron chi connectivity index (χ1n) is 17.0. The van der Waals surface area contributed by atoms with Gasteiger partial charge in [0.15, 0.2) is 0 Å². The number of benzene rings is 8. The van der Waals surface area contributed by atoms with Gasteiger partial charge in [-0.2, -0.15) is 0 Å². The Morgan fingerprint density at radius 2 is 0.840 bits per heavy atom. The Morgan fingerprint density at radius 3 is 1.48 bits per heavy atom. The maximum atomic E-state index is 6.69. The molecule has 0 unspecified atom stereocenters. The number of hydrogen-bond acceptors (Lipinski definition) is 2. The zero-order chi connectivity index (χ0) is 33.3. The predicted molar refractivity (Wildman–Crippen MR) is 210 cm³/mol. The summed E-state index contributed by atoms with van der Waals surface area (Å²) in [4.78, 5) is 2.37. The van der Waals surface area contributed by atoms with Gasteiger partial charge in [-0.25, -0.2) is 0 Å². The lowest BCUT2D eigenvalue weighted by molar-refractivity contribution is 0.670. The second kappa shape index (κ2) is 12.8. The van der Waals surface area contributed by atoms with Crippen molar-refractivity contribution in [3.05, 3.63) is 200 Å². The largest absolute Gasteiger partial charge is 0.455 e. The molecule has 0 amide bonds. The van der Waals surface area contributed by atoms with E-state index in [1.165, 1.54) is 27.8 Å². The zero-order valence-electron chi connectivity index (χ0n) is 27.4. The lowest BCUT2D eigenvalue weighted by Gasteiger charge is -2.27. The molecule has 2 heteroatoms. The molecule has 0 atom stereocenters. The summed E-state index contributed by atoms with van der Waals surface area (Å²) >= 11 is 0. The summed E-state index contributed by atoms with van der Waals surface area (Å²) < 4.78 is 6.69. The van der Waals surface area contributed by atoms with Gasteiger partial charge in [-0.3, -0.25) is 0 Å². The summed E-state index contributed by atoms with van der Waals surface area (Å²) in [6.45, 7) is 0. The topological polar surface area (TPSA) is 16.4 Å². The van der Waals surface area contributed by atoms with E-state index in [1.54, 1.807) is 0 Å². The van der Waals surface area contributed by atoms with Gasteiger partial charge in [0.05, 0.1) is 11.1 Å². The van der Waals surface area contributed by atoms with Crippen molar-refractivity contribution in [3.8, 4) is 44.5 Å². The fourth-order valence-corrected chi connectivity index (χ4v) is 7.01. The number of hydrogen-bond donors (Lipinski definition) is 0. The summed E-state index contributed by atoms with van der Waals surface area (Å²) in [6, 6.07) is 71.0. The molecule has 0 saturated heterocycles. The van der Waals surface area contributed by atoms with Gasteiger partial charge in [-0.1, -0.05) is 158 Å². The second-order valence-corrected chi connectivity index (χ2v) is 12.5. The van der Waals surface area contributed by atoms with Crippen LogP contribution in [0.4, 0.5) is 17.1 Å². The van der Waals surface area contributed by atoms with E-state index in [-0.39, 0.29) is 0 Å². The Morgan fingerprint density at radius 1 is 0.340 bits per heavy atom. The number of rotatable bonds is 7. The van der Waals surface area contributed by atoms with E-state index in [1.807, 2.05) is 6.07 Å². The van der Waals surface area contributed by atoms with Gasteiger partial charge >= 0.3 is 0 Å². The second-order valence-electron chi connectivity index (χ2n) is 12.5. The monoisotopic (exact) mass is 639 g/mol. The highest BCUT2D eigenvalue weighted by atomic mass is 16.3. The molecule has 0 aliphatic carbocycles. The molecule has 8 aromatic carbocycles. The molecule has 0 spiro atoms. The predicted octanol–water partition coefficient (Wildman–Crippen LogP) is 13.7. The van der Waals surface area contributed by atoms with Crippen LogP contribution in [0.5, 0.6) is 0 Å². The number of anilines is 3. The smallest absolute Gasteiger partial charge is 0.145 e. The Kier molecular flexibility index (Phi) is 7.53. The van der Waals surface area contributed by atoms with Crippen LogP contribution >= 0.6 is 0 Å². The normalized spacial score (nSPS) is 11.2. The van der Waals surface area contributed by atoms with E-state index >= 15 is 0 Å². The molecule has 236 valence electrons. The molecule has 0 bridgehead atoms. The van der Waals surface area contributed by atoms with Crippen molar-refractivity contribution in [3.63, 3.8) is 0 Å². The van der Waals surface area contributed by atoms with E-state index < -0.39 is 0 Å². The average Bonchev–Trinajstić information content (AvgIpc) is 3.60. The molecule has 0 fully saturated rings. The Hall–Kier alpha value is -6.64. The molecular formula is C48H33NO. The summed E-state index contributed by atoms with van der Waals surface area (Å²) in [5, 5.41) is 2.18. The molecule has 0 aliphatic heterocycles. The first-order chi connectivity index (χ1) is 24.8. The van der Waals surface area contributed by atoms with Crippen molar-refractivity contribution >= 4 is 39.0 Å². The van der Waals surface area contributed by atoms with Crippen molar-refractivity contribution in [2.24, 2.45) is 0 Å². The SMILES string of the molecule is c1ccc(-c2ccc(-c3ccc(N(c4cccc(-c5ccccc5)c4)c4ccc(-c5ccccc5)c5oc6ccccc6c45)cc3)cc2)cc1. The van der Waals surface area contributed by atoms with Crippen molar-refractivity contribution < 1.29 is 4.42 Å². The van der Waals surface area contributed by atoms with E-state index in [0.29, 0.717) is 0 Å². The molecule has 1 heterocycles. The number of para-hydroxylation sites is 1. The molecule has 50 heavy (non-hydrogen) atoms. The summed E-state index contributed by atoms with van der Waals surface area (Å²) in [5.74, 6) is 0. The molecule has 2 nitrogen and oxygen atoms in total. The van der Waals surface area contributed by atoms with E-state index in [0.717, 1.165) is 55.7 Å². The van der Waals surface area contributed by atoms with Crippen LogP contribution < -0.4 is 4.90 Å². The van der Waals surface area contributed by atoms with Crippen LogP contribution in [0.25, 0.3) is 66.4 Å². The molecule has 9 aromatic rings. The van der Waals surface area contributed by atoms with Gasteiger partial charge < -0.3 is 9.32 Å². The fourth-order valence-electron chi connectivity index (χ4n) is 7.01. The summed E-state index contributed by atoms with van der Waals surface area (Å²) in [5.41, 5.74) is 14.3. The molecule has 0 radical (unpaired) electrons. The van der Waals surface area contributed by atoms with Gasteiger partial charge in [0, 0.05) is 22.3 Å². The van der Waals surface area contributed by atoms with Gasteiger partial charge in [0.2, 0.25) is 0 Å². The molecule has 9 rings (SSSR count). The lowest BCUT2D eigenvalue weighted by Crippen LogP contribution is -2.10. The number of fused-ring (bicyclic) bond motifs is 3. The quantitative estimate of drug-likeness (QED) is 0.173. The van der Waals surface area contributed by atoms with Gasteiger partial charge in [0.1, 0.15) is 11.2 Å². The fraction of sp³-hybridized carbons (Fsp3) is 0.